The lowest BCUT2D eigenvalue weighted by Gasteiger charge is -2.19. The summed E-state index contributed by atoms with van der Waals surface area (Å²) in [5.74, 6) is -0.228. The Bertz CT molecular complexity index is 570. The third-order valence-electron chi connectivity index (χ3n) is 5.00. The second kappa shape index (κ2) is 8.45. The zero-order valence-corrected chi connectivity index (χ0v) is 14.7. The van der Waals surface area contributed by atoms with Gasteiger partial charge in [0.25, 0.3) is 0 Å². The Morgan fingerprint density at radius 1 is 1.21 bits per heavy atom. The summed E-state index contributed by atoms with van der Waals surface area (Å²) < 4.78 is 5.52. The Labute approximate surface area is 144 Å². The number of rotatable bonds is 1. The third-order valence-corrected chi connectivity index (χ3v) is 5.00. The van der Waals surface area contributed by atoms with Crippen molar-refractivity contribution < 1.29 is 19.7 Å². The van der Waals surface area contributed by atoms with Gasteiger partial charge in [-0.1, -0.05) is 36.5 Å². The van der Waals surface area contributed by atoms with Gasteiger partial charge in [-0.3, -0.25) is 5.26 Å². The smallest absolute Gasteiger partial charge is 0.334 e. The van der Waals surface area contributed by atoms with E-state index in [2.05, 4.69) is 44.0 Å². The van der Waals surface area contributed by atoms with Crippen LogP contribution < -0.4 is 0 Å². The second-order valence-corrected chi connectivity index (χ2v) is 6.95. The predicted octanol–water partition coefficient (Wildman–Crippen LogP) is 4.75. The molecule has 1 heterocycles. The topological polar surface area (TPSA) is 55.8 Å². The van der Waals surface area contributed by atoms with Crippen molar-refractivity contribution in [2.45, 2.75) is 64.6 Å². The molecule has 132 valence electrons. The zero-order chi connectivity index (χ0) is 17.7. The molecule has 1 N–H and O–H groups in total. The molecule has 0 radical (unpaired) electrons. The van der Waals surface area contributed by atoms with Gasteiger partial charge in [-0.15, -0.1) is 0 Å². The first-order valence-electron chi connectivity index (χ1n) is 8.61. The number of hydrogen-bond donors (Lipinski definition) is 1. The molecule has 4 nitrogen and oxygen atoms in total. The first-order valence-corrected chi connectivity index (χ1v) is 8.61. The molecule has 1 aliphatic carbocycles. The summed E-state index contributed by atoms with van der Waals surface area (Å²) in [6.45, 7) is 12.1. The SMILES string of the molecule is C=C1CC/C=C(\C)C[C@@H]2OC(=O)C(=C)[C@H]2C/C=C(\C)CC[C@@H]1OO. The number of esters is 1. The summed E-state index contributed by atoms with van der Waals surface area (Å²) in [6, 6.07) is 0. The summed E-state index contributed by atoms with van der Waals surface area (Å²) in [6.07, 6.45) is 8.45. The molecule has 2 rings (SSSR count). The predicted molar refractivity (Wildman–Crippen MR) is 94.4 cm³/mol. The van der Waals surface area contributed by atoms with Crippen LogP contribution >= 0.6 is 0 Å². The number of allylic oxidation sites excluding steroid dienone is 3. The van der Waals surface area contributed by atoms with Crippen molar-refractivity contribution in [3.8, 4) is 0 Å². The van der Waals surface area contributed by atoms with Crippen LogP contribution in [0, 0.1) is 5.92 Å². The van der Waals surface area contributed by atoms with E-state index in [1.165, 1.54) is 11.1 Å². The molecule has 0 unspecified atom stereocenters. The van der Waals surface area contributed by atoms with Crippen LogP contribution in [0.2, 0.25) is 0 Å². The van der Waals surface area contributed by atoms with Crippen LogP contribution in [0.4, 0.5) is 0 Å². The third kappa shape index (κ3) is 4.68. The lowest BCUT2D eigenvalue weighted by molar-refractivity contribution is -0.270. The van der Waals surface area contributed by atoms with Gasteiger partial charge < -0.3 is 4.74 Å². The molecular formula is C20H28O4. The Balaban J connectivity index is 2.19. The number of carbonyl (C=O) groups excluding carboxylic acids is 1. The summed E-state index contributed by atoms with van der Waals surface area (Å²) in [4.78, 5) is 16.5. The maximum Gasteiger partial charge on any atom is 0.334 e. The Morgan fingerprint density at radius 3 is 2.67 bits per heavy atom. The van der Waals surface area contributed by atoms with E-state index in [4.69, 9.17) is 9.99 Å². The van der Waals surface area contributed by atoms with Gasteiger partial charge >= 0.3 is 5.97 Å². The van der Waals surface area contributed by atoms with Crippen LogP contribution in [-0.2, 0) is 14.4 Å². The number of ether oxygens (including phenoxy) is 1. The summed E-state index contributed by atoms with van der Waals surface area (Å²) in [7, 11) is 0. The summed E-state index contributed by atoms with van der Waals surface area (Å²) in [5.41, 5.74) is 3.89. The van der Waals surface area contributed by atoms with E-state index in [0.29, 0.717) is 12.0 Å². The lowest BCUT2D eigenvalue weighted by atomic mass is 9.88. The van der Waals surface area contributed by atoms with Gasteiger partial charge in [0.2, 0.25) is 0 Å². The highest BCUT2D eigenvalue weighted by molar-refractivity contribution is 5.90. The minimum atomic E-state index is -0.330. The number of carbonyl (C=O) groups is 1. The normalized spacial score (nSPS) is 34.5. The Kier molecular flexibility index (Phi) is 6.58. The van der Waals surface area contributed by atoms with E-state index >= 15 is 0 Å². The molecule has 0 bridgehead atoms. The Hall–Kier alpha value is -1.65. The highest BCUT2D eigenvalue weighted by atomic mass is 17.1. The molecule has 24 heavy (non-hydrogen) atoms. The van der Waals surface area contributed by atoms with Crippen molar-refractivity contribution in [3.63, 3.8) is 0 Å². The summed E-state index contributed by atoms with van der Waals surface area (Å²) in [5, 5.41) is 9.13. The van der Waals surface area contributed by atoms with Crippen LogP contribution in [0.3, 0.4) is 0 Å². The fraction of sp³-hybridized carbons (Fsp3) is 0.550. The van der Waals surface area contributed by atoms with Crippen molar-refractivity contribution in [1.82, 2.24) is 0 Å². The van der Waals surface area contributed by atoms with Gasteiger partial charge in [-0.05, 0) is 51.5 Å². The monoisotopic (exact) mass is 332 g/mol. The molecule has 0 spiro atoms. The van der Waals surface area contributed by atoms with Gasteiger partial charge in [0, 0.05) is 17.9 Å². The van der Waals surface area contributed by atoms with Crippen LogP contribution in [0.25, 0.3) is 0 Å². The molecule has 0 aromatic heterocycles. The molecule has 2 aliphatic rings. The van der Waals surface area contributed by atoms with Crippen LogP contribution in [0.1, 0.15) is 52.4 Å². The maximum atomic E-state index is 11.9. The molecule has 0 aromatic carbocycles. The van der Waals surface area contributed by atoms with Gasteiger partial charge in [-0.25, -0.2) is 9.68 Å². The minimum Gasteiger partial charge on any atom is -0.458 e. The number of hydrogen-bond acceptors (Lipinski definition) is 4. The van der Waals surface area contributed by atoms with Crippen molar-refractivity contribution in [1.29, 1.82) is 0 Å². The standard InChI is InChI=1S/C20H28O4/c1-13-8-10-17-16(4)20(21)23-19(17)12-14(2)6-5-7-15(3)18(24-22)11-9-13/h6,8,17-19,22H,3-5,7,9-12H2,1-2H3/b13-8+,14-6+/t17-,18+,19+/m1/s1. The minimum absolute atomic E-state index is 0.0404. The molecule has 1 fully saturated rings. The molecule has 4 heteroatoms. The van der Waals surface area contributed by atoms with Crippen molar-refractivity contribution in [2.24, 2.45) is 5.92 Å². The molecule has 1 saturated heterocycles. The van der Waals surface area contributed by atoms with Crippen molar-refractivity contribution in [2.75, 3.05) is 0 Å². The van der Waals surface area contributed by atoms with Gasteiger partial charge in [0.1, 0.15) is 12.2 Å². The average Bonchev–Trinajstić information content (AvgIpc) is 2.79. The van der Waals surface area contributed by atoms with E-state index < -0.39 is 0 Å². The van der Waals surface area contributed by atoms with Crippen LogP contribution in [-0.4, -0.2) is 23.4 Å². The molecule has 0 aromatic rings. The largest absolute Gasteiger partial charge is 0.458 e. The van der Waals surface area contributed by atoms with Crippen LogP contribution in [0.15, 0.2) is 47.6 Å². The highest BCUT2D eigenvalue weighted by Crippen LogP contribution is 2.34. The zero-order valence-electron chi connectivity index (χ0n) is 14.7. The van der Waals surface area contributed by atoms with E-state index in [9.17, 15) is 4.79 Å². The van der Waals surface area contributed by atoms with E-state index in [1.807, 2.05) is 0 Å². The van der Waals surface area contributed by atoms with Crippen LogP contribution in [0.5, 0.6) is 0 Å². The second-order valence-electron chi connectivity index (χ2n) is 6.95. The maximum absolute atomic E-state index is 11.9. The molecule has 3 atom stereocenters. The number of fused-ring (bicyclic) bond motifs is 1. The van der Waals surface area contributed by atoms with Crippen molar-refractivity contribution in [3.05, 3.63) is 47.6 Å². The lowest BCUT2D eigenvalue weighted by Crippen LogP contribution is -2.17. The van der Waals surface area contributed by atoms with Crippen molar-refractivity contribution >= 4 is 5.97 Å². The Morgan fingerprint density at radius 2 is 1.96 bits per heavy atom. The first kappa shape index (κ1) is 18.7. The highest BCUT2D eigenvalue weighted by Gasteiger charge is 2.37. The fourth-order valence-electron chi connectivity index (χ4n) is 3.34. The van der Waals surface area contributed by atoms with E-state index in [-0.39, 0.29) is 24.1 Å². The fourth-order valence-corrected chi connectivity index (χ4v) is 3.34. The summed E-state index contributed by atoms with van der Waals surface area (Å²) >= 11 is 0. The molecule has 0 saturated carbocycles. The first-order chi connectivity index (χ1) is 11.4. The molecular weight excluding hydrogens is 304 g/mol. The van der Waals surface area contributed by atoms with Gasteiger partial charge in [0.15, 0.2) is 0 Å². The van der Waals surface area contributed by atoms with E-state index in [0.717, 1.165) is 37.7 Å². The quantitative estimate of drug-likeness (QED) is 0.248. The van der Waals surface area contributed by atoms with E-state index in [1.54, 1.807) is 0 Å². The van der Waals surface area contributed by atoms with Gasteiger partial charge in [-0.2, -0.15) is 0 Å². The molecule has 0 amide bonds. The molecule has 1 aliphatic heterocycles. The average molecular weight is 332 g/mol. The van der Waals surface area contributed by atoms with Gasteiger partial charge in [0.05, 0.1) is 0 Å².